The minimum absolute atomic E-state index is 0.0826. The van der Waals surface area contributed by atoms with Crippen molar-refractivity contribution >= 4 is 17.4 Å². The highest BCUT2D eigenvalue weighted by Gasteiger charge is 2.20. The molecule has 1 unspecified atom stereocenters. The Morgan fingerprint density at radius 1 is 1.35 bits per heavy atom. The number of anilines is 1. The highest BCUT2D eigenvalue weighted by Crippen LogP contribution is 2.26. The van der Waals surface area contributed by atoms with Crippen molar-refractivity contribution in [3.8, 4) is 0 Å². The molecule has 0 radical (unpaired) electrons. The SMILES string of the molecule is COC(C)(C)CC(C)Nc1ccccc1SC. The predicted molar refractivity (Wildman–Crippen MR) is 77.0 cm³/mol. The van der Waals surface area contributed by atoms with E-state index in [0.717, 1.165) is 6.42 Å². The van der Waals surface area contributed by atoms with E-state index < -0.39 is 0 Å². The Labute approximate surface area is 109 Å². The Morgan fingerprint density at radius 2 is 2.00 bits per heavy atom. The second-order valence-corrected chi connectivity index (χ2v) is 5.76. The third-order valence-corrected chi connectivity index (χ3v) is 3.66. The maximum atomic E-state index is 5.46. The number of nitrogens with one attached hydrogen (secondary N) is 1. The van der Waals surface area contributed by atoms with Crippen molar-refractivity contribution in [2.75, 3.05) is 18.7 Å². The highest BCUT2D eigenvalue weighted by atomic mass is 32.2. The van der Waals surface area contributed by atoms with Crippen molar-refractivity contribution in [2.45, 2.75) is 43.7 Å². The molecule has 2 nitrogen and oxygen atoms in total. The Kier molecular flexibility index (Phi) is 5.34. The van der Waals surface area contributed by atoms with Crippen LogP contribution in [0.25, 0.3) is 0 Å². The fourth-order valence-electron chi connectivity index (χ4n) is 1.90. The molecule has 0 amide bonds. The number of benzene rings is 1. The standard InChI is InChI=1S/C14H23NOS/c1-11(10-14(2,3)16-4)15-12-8-6-7-9-13(12)17-5/h6-9,11,15H,10H2,1-5H3. The maximum Gasteiger partial charge on any atom is 0.0642 e. The largest absolute Gasteiger partial charge is 0.382 e. The van der Waals surface area contributed by atoms with Crippen molar-refractivity contribution < 1.29 is 4.74 Å². The average molecular weight is 253 g/mol. The number of methoxy groups -OCH3 is 1. The molecule has 1 aromatic rings. The summed E-state index contributed by atoms with van der Waals surface area (Å²) in [6, 6.07) is 8.79. The van der Waals surface area contributed by atoms with Gasteiger partial charge in [-0.2, -0.15) is 0 Å². The average Bonchev–Trinajstić information content (AvgIpc) is 2.29. The smallest absolute Gasteiger partial charge is 0.0642 e. The Bertz CT molecular complexity index is 352. The third-order valence-electron chi connectivity index (χ3n) is 2.86. The van der Waals surface area contributed by atoms with Crippen molar-refractivity contribution in [3.05, 3.63) is 24.3 Å². The van der Waals surface area contributed by atoms with Crippen LogP contribution in [0.4, 0.5) is 5.69 Å². The molecule has 0 fully saturated rings. The lowest BCUT2D eigenvalue weighted by Gasteiger charge is -2.28. The zero-order valence-corrected chi connectivity index (χ0v) is 12.2. The number of hydrogen-bond donors (Lipinski definition) is 1. The van der Waals surface area contributed by atoms with Crippen LogP contribution < -0.4 is 5.32 Å². The fraction of sp³-hybridized carbons (Fsp3) is 0.571. The zero-order chi connectivity index (χ0) is 12.9. The van der Waals surface area contributed by atoms with E-state index in [2.05, 4.69) is 56.6 Å². The molecule has 0 saturated carbocycles. The van der Waals surface area contributed by atoms with Gasteiger partial charge in [0, 0.05) is 23.7 Å². The van der Waals surface area contributed by atoms with Gasteiger partial charge in [-0.25, -0.2) is 0 Å². The first-order valence-electron chi connectivity index (χ1n) is 5.93. The molecule has 0 aliphatic carbocycles. The minimum atomic E-state index is -0.0826. The van der Waals surface area contributed by atoms with Gasteiger partial charge in [-0.05, 0) is 45.6 Å². The first kappa shape index (κ1) is 14.4. The number of para-hydroxylation sites is 1. The van der Waals surface area contributed by atoms with Gasteiger partial charge in [0.05, 0.1) is 5.60 Å². The van der Waals surface area contributed by atoms with E-state index in [9.17, 15) is 0 Å². The van der Waals surface area contributed by atoms with Crippen molar-refractivity contribution in [2.24, 2.45) is 0 Å². The van der Waals surface area contributed by atoms with Crippen LogP contribution in [-0.2, 0) is 4.74 Å². The molecule has 1 rings (SSSR count). The van der Waals surface area contributed by atoms with E-state index in [1.54, 1.807) is 18.9 Å². The summed E-state index contributed by atoms with van der Waals surface area (Å²) in [4.78, 5) is 1.29. The summed E-state index contributed by atoms with van der Waals surface area (Å²) < 4.78 is 5.46. The van der Waals surface area contributed by atoms with Crippen LogP contribution in [-0.4, -0.2) is 25.0 Å². The molecule has 0 aliphatic rings. The normalized spacial score (nSPS) is 13.5. The first-order valence-corrected chi connectivity index (χ1v) is 7.15. The lowest BCUT2D eigenvalue weighted by atomic mass is 10.00. The van der Waals surface area contributed by atoms with Gasteiger partial charge in [-0.1, -0.05) is 12.1 Å². The van der Waals surface area contributed by atoms with Gasteiger partial charge in [0.25, 0.3) is 0 Å². The van der Waals surface area contributed by atoms with Gasteiger partial charge in [-0.3, -0.25) is 0 Å². The summed E-state index contributed by atoms with van der Waals surface area (Å²) in [6.07, 6.45) is 3.08. The highest BCUT2D eigenvalue weighted by molar-refractivity contribution is 7.98. The molecule has 17 heavy (non-hydrogen) atoms. The van der Waals surface area contributed by atoms with Gasteiger partial charge in [0.1, 0.15) is 0 Å². The topological polar surface area (TPSA) is 21.3 Å². The molecule has 0 heterocycles. The van der Waals surface area contributed by atoms with Crippen LogP contribution in [0.15, 0.2) is 29.2 Å². The predicted octanol–water partition coefficient (Wildman–Crippen LogP) is 4.02. The molecule has 0 aromatic heterocycles. The molecule has 0 saturated heterocycles. The number of rotatable bonds is 6. The maximum absolute atomic E-state index is 5.46. The summed E-state index contributed by atoms with van der Waals surface area (Å²) >= 11 is 1.77. The van der Waals surface area contributed by atoms with Crippen molar-refractivity contribution in [3.63, 3.8) is 0 Å². The monoisotopic (exact) mass is 253 g/mol. The molecule has 96 valence electrons. The second kappa shape index (κ2) is 6.31. The Hall–Kier alpha value is -0.670. The summed E-state index contributed by atoms with van der Waals surface area (Å²) in [6.45, 7) is 6.43. The van der Waals surface area contributed by atoms with Crippen LogP contribution in [0.1, 0.15) is 27.2 Å². The molecule has 0 bridgehead atoms. The summed E-state index contributed by atoms with van der Waals surface area (Å²) in [7, 11) is 1.77. The number of ether oxygens (including phenoxy) is 1. The number of thioether (sulfide) groups is 1. The van der Waals surface area contributed by atoms with Crippen LogP contribution in [0, 0.1) is 0 Å². The molecular formula is C14H23NOS. The molecule has 0 aliphatic heterocycles. The quantitative estimate of drug-likeness (QED) is 0.774. The van der Waals surface area contributed by atoms with Gasteiger partial charge in [0.2, 0.25) is 0 Å². The fourth-order valence-corrected chi connectivity index (χ4v) is 2.46. The Morgan fingerprint density at radius 3 is 2.59 bits per heavy atom. The van der Waals surface area contributed by atoms with E-state index in [-0.39, 0.29) is 5.60 Å². The Balaban J connectivity index is 2.65. The molecule has 1 atom stereocenters. The van der Waals surface area contributed by atoms with Crippen LogP contribution in [0.5, 0.6) is 0 Å². The summed E-state index contributed by atoms with van der Waals surface area (Å²) in [5, 5.41) is 3.55. The van der Waals surface area contributed by atoms with E-state index in [1.807, 2.05) is 0 Å². The van der Waals surface area contributed by atoms with E-state index in [0.29, 0.717) is 6.04 Å². The van der Waals surface area contributed by atoms with E-state index in [4.69, 9.17) is 4.74 Å². The van der Waals surface area contributed by atoms with Crippen LogP contribution >= 0.6 is 11.8 Å². The summed E-state index contributed by atoms with van der Waals surface area (Å²) in [5.41, 5.74) is 1.13. The van der Waals surface area contributed by atoms with Crippen molar-refractivity contribution in [1.82, 2.24) is 0 Å². The van der Waals surface area contributed by atoms with E-state index >= 15 is 0 Å². The second-order valence-electron chi connectivity index (χ2n) is 4.91. The number of hydrogen-bond acceptors (Lipinski definition) is 3. The lowest BCUT2D eigenvalue weighted by Crippen LogP contribution is -2.31. The zero-order valence-electron chi connectivity index (χ0n) is 11.4. The minimum Gasteiger partial charge on any atom is -0.382 e. The van der Waals surface area contributed by atoms with Gasteiger partial charge < -0.3 is 10.1 Å². The first-order chi connectivity index (χ1) is 7.98. The molecular weight excluding hydrogens is 230 g/mol. The van der Waals surface area contributed by atoms with Crippen LogP contribution in [0.3, 0.4) is 0 Å². The molecule has 0 spiro atoms. The third kappa shape index (κ3) is 4.60. The molecule has 1 N–H and O–H groups in total. The molecule has 1 aromatic carbocycles. The van der Waals surface area contributed by atoms with Gasteiger partial charge in [-0.15, -0.1) is 11.8 Å². The van der Waals surface area contributed by atoms with Crippen LogP contribution in [0.2, 0.25) is 0 Å². The lowest BCUT2D eigenvalue weighted by molar-refractivity contribution is 0.0128. The molecule has 3 heteroatoms. The summed E-state index contributed by atoms with van der Waals surface area (Å²) in [5.74, 6) is 0. The van der Waals surface area contributed by atoms with E-state index in [1.165, 1.54) is 10.6 Å². The van der Waals surface area contributed by atoms with Gasteiger partial charge >= 0.3 is 0 Å². The van der Waals surface area contributed by atoms with Gasteiger partial charge in [0.15, 0.2) is 0 Å². The van der Waals surface area contributed by atoms with Crippen molar-refractivity contribution in [1.29, 1.82) is 0 Å².